The number of hydrogen-bond acceptors (Lipinski definition) is 6. The molecule has 9 heteroatoms. The first-order chi connectivity index (χ1) is 9.85. The van der Waals surface area contributed by atoms with Crippen molar-refractivity contribution in [2.75, 3.05) is 37.0 Å². The van der Waals surface area contributed by atoms with Gasteiger partial charge in [-0.2, -0.15) is 0 Å². The van der Waals surface area contributed by atoms with E-state index in [2.05, 4.69) is 5.32 Å². The van der Waals surface area contributed by atoms with Crippen LogP contribution >= 0.6 is 0 Å². The minimum absolute atomic E-state index is 0.0808. The number of anilines is 1. The van der Waals surface area contributed by atoms with Crippen LogP contribution in [0.4, 0.5) is 11.4 Å². The third-order valence-electron chi connectivity index (χ3n) is 3.35. The fourth-order valence-corrected chi connectivity index (χ4v) is 3.42. The van der Waals surface area contributed by atoms with Crippen molar-refractivity contribution in [3.63, 3.8) is 0 Å². The van der Waals surface area contributed by atoms with Crippen LogP contribution in [0.25, 0.3) is 0 Å². The van der Waals surface area contributed by atoms with E-state index in [-0.39, 0.29) is 41.5 Å². The Balaban J connectivity index is 2.32. The average molecular weight is 313 g/mol. The second kappa shape index (κ2) is 5.68. The average Bonchev–Trinajstić information content (AvgIpc) is 2.45. The minimum Gasteiger partial charge on any atom is -0.382 e. The van der Waals surface area contributed by atoms with E-state index in [4.69, 9.17) is 0 Å². The van der Waals surface area contributed by atoms with E-state index in [1.54, 1.807) is 0 Å². The Hall–Kier alpha value is -2.16. The Kier molecular flexibility index (Phi) is 4.12. The largest absolute Gasteiger partial charge is 0.382 e. The van der Waals surface area contributed by atoms with Crippen molar-refractivity contribution in [2.24, 2.45) is 0 Å². The minimum atomic E-state index is -3.09. The smallest absolute Gasteiger partial charge is 0.293 e. The number of carbonyl (C=O) groups is 1. The summed E-state index contributed by atoms with van der Waals surface area (Å²) < 4.78 is 22.8. The summed E-state index contributed by atoms with van der Waals surface area (Å²) >= 11 is 0. The van der Waals surface area contributed by atoms with Crippen LogP contribution in [0.2, 0.25) is 0 Å². The Labute approximate surface area is 121 Å². The van der Waals surface area contributed by atoms with Gasteiger partial charge in [-0.3, -0.25) is 14.9 Å². The zero-order valence-electron chi connectivity index (χ0n) is 11.4. The maximum atomic E-state index is 12.4. The van der Waals surface area contributed by atoms with Gasteiger partial charge in [0.1, 0.15) is 5.69 Å². The fraction of sp³-hybridized carbons (Fsp3) is 0.417. The van der Waals surface area contributed by atoms with Gasteiger partial charge < -0.3 is 10.2 Å². The third-order valence-corrected chi connectivity index (χ3v) is 4.96. The highest BCUT2D eigenvalue weighted by Gasteiger charge is 2.29. The van der Waals surface area contributed by atoms with Crippen molar-refractivity contribution >= 4 is 27.1 Å². The zero-order chi connectivity index (χ0) is 15.6. The maximum Gasteiger partial charge on any atom is 0.293 e. The quantitative estimate of drug-likeness (QED) is 0.643. The number of amides is 1. The molecule has 0 atom stereocenters. The number of sulfone groups is 1. The van der Waals surface area contributed by atoms with Gasteiger partial charge in [-0.1, -0.05) is 6.07 Å². The number of nitro groups is 1. The summed E-state index contributed by atoms with van der Waals surface area (Å²) in [5.74, 6) is -0.566. The van der Waals surface area contributed by atoms with Gasteiger partial charge in [0, 0.05) is 26.2 Å². The van der Waals surface area contributed by atoms with Crippen molar-refractivity contribution < 1.29 is 18.1 Å². The SMILES string of the molecule is CNc1c(C(=O)N2CCS(=O)(=O)CC2)cccc1[N+](=O)[O-]. The highest BCUT2D eigenvalue weighted by molar-refractivity contribution is 7.91. The van der Waals surface area contributed by atoms with E-state index in [1.807, 2.05) is 0 Å². The van der Waals surface area contributed by atoms with Gasteiger partial charge in [-0.05, 0) is 6.07 Å². The normalized spacial score (nSPS) is 17.3. The van der Waals surface area contributed by atoms with Crippen LogP contribution in [0.3, 0.4) is 0 Å². The molecule has 0 saturated carbocycles. The molecule has 0 bridgehead atoms. The molecule has 1 aliphatic rings. The summed E-state index contributed by atoms with van der Waals surface area (Å²) in [6.45, 7) is 0.208. The summed E-state index contributed by atoms with van der Waals surface area (Å²) in [7, 11) is -1.59. The van der Waals surface area contributed by atoms with Gasteiger partial charge >= 0.3 is 0 Å². The van der Waals surface area contributed by atoms with Crippen LogP contribution in [0.1, 0.15) is 10.4 Å². The molecule has 2 rings (SSSR count). The molecule has 0 radical (unpaired) electrons. The lowest BCUT2D eigenvalue weighted by Crippen LogP contribution is -2.43. The highest BCUT2D eigenvalue weighted by atomic mass is 32.2. The third kappa shape index (κ3) is 3.13. The van der Waals surface area contributed by atoms with Crippen molar-refractivity contribution in [1.29, 1.82) is 0 Å². The topological polar surface area (TPSA) is 110 Å². The molecule has 1 saturated heterocycles. The molecule has 114 valence electrons. The second-order valence-electron chi connectivity index (χ2n) is 4.65. The number of nitrogens with zero attached hydrogens (tertiary/aromatic N) is 2. The van der Waals surface area contributed by atoms with Gasteiger partial charge in [-0.25, -0.2) is 8.42 Å². The van der Waals surface area contributed by atoms with Gasteiger partial charge in [0.2, 0.25) is 0 Å². The molecule has 1 aliphatic heterocycles. The predicted molar refractivity (Wildman–Crippen MR) is 77.2 cm³/mol. The molecule has 0 aromatic heterocycles. The van der Waals surface area contributed by atoms with E-state index >= 15 is 0 Å². The standard InChI is InChI=1S/C12H15N3O5S/c1-13-11-9(3-2-4-10(11)15(17)18)12(16)14-5-7-21(19,20)8-6-14/h2-4,13H,5-8H2,1H3. The maximum absolute atomic E-state index is 12.4. The molecule has 1 aromatic rings. The molecule has 0 unspecified atom stereocenters. The number of hydrogen-bond donors (Lipinski definition) is 1. The van der Waals surface area contributed by atoms with Crippen LogP contribution in [0.15, 0.2) is 18.2 Å². The summed E-state index contributed by atoms with van der Waals surface area (Å²) in [4.78, 5) is 24.2. The number of nitro benzene ring substituents is 1. The van der Waals surface area contributed by atoms with Crippen molar-refractivity contribution in [1.82, 2.24) is 4.90 Å². The molecular weight excluding hydrogens is 298 g/mol. The van der Waals surface area contributed by atoms with Crippen molar-refractivity contribution in [3.05, 3.63) is 33.9 Å². The van der Waals surface area contributed by atoms with E-state index < -0.39 is 20.7 Å². The predicted octanol–water partition coefficient (Wildman–Crippen LogP) is 0.507. The molecular formula is C12H15N3O5S. The van der Waals surface area contributed by atoms with Crippen LogP contribution in [0, 0.1) is 10.1 Å². The number of para-hydroxylation sites is 1. The number of benzene rings is 1. The molecule has 0 aliphatic carbocycles. The van der Waals surface area contributed by atoms with Crippen LogP contribution in [-0.4, -0.2) is 55.8 Å². The lowest BCUT2D eigenvalue weighted by molar-refractivity contribution is -0.384. The van der Waals surface area contributed by atoms with Crippen molar-refractivity contribution in [3.8, 4) is 0 Å². The highest BCUT2D eigenvalue weighted by Crippen LogP contribution is 2.29. The van der Waals surface area contributed by atoms with Crippen LogP contribution in [-0.2, 0) is 9.84 Å². The molecule has 1 fully saturated rings. The number of carbonyl (C=O) groups excluding carboxylic acids is 1. The lowest BCUT2D eigenvalue weighted by atomic mass is 10.1. The molecule has 1 heterocycles. The molecule has 1 N–H and O–H groups in total. The van der Waals surface area contributed by atoms with E-state index in [0.29, 0.717) is 0 Å². The summed E-state index contributed by atoms with van der Waals surface area (Å²) in [5, 5.41) is 13.7. The van der Waals surface area contributed by atoms with Gasteiger partial charge in [-0.15, -0.1) is 0 Å². The molecule has 0 spiro atoms. The van der Waals surface area contributed by atoms with E-state index in [9.17, 15) is 23.3 Å². The Morgan fingerprint density at radius 2 is 1.95 bits per heavy atom. The lowest BCUT2D eigenvalue weighted by Gasteiger charge is -2.27. The first kappa shape index (κ1) is 15.2. The summed E-state index contributed by atoms with van der Waals surface area (Å²) in [6, 6.07) is 4.24. The van der Waals surface area contributed by atoms with E-state index in [0.717, 1.165) is 0 Å². The Bertz CT molecular complexity index is 672. The van der Waals surface area contributed by atoms with E-state index in [1.165, 1.54) is 30.1 Å². The van der Waals surface area contributed by atoms with Gasteiger partial charge in [0.05, 0.1) is 22.0 Å². The number of nitrogens with one attached hydrogen (secondary N) is 1. The Morgan fingerprint density at radius 1 is 1.33 bits per heavy atom. The zero-order valence-corrected chi connectivity index (χ0v) is 12.2. The van der Waals surface area contributed by atoms with Crippen LogP contribution in [0.5, 0.6) is 0 Å². The fourth-order valence-electron chi connectivity index (χ4n) is 2.22. The Morgan fingerprint density at radius 3 is 2.48 bits per heavy atom. The van der Waals surface area contributed by atoms with Crippen molar-refractivity contribution in [2.45, 2.75) is 0 Å². The molecule has 1 aromatic carbocycles. The number of rotatable bonds is 3. The van der Waals surface area contributed by atoms with Gasteiger partial charge in [0.25, 0.3) is 11.6 Å². The molecule has 21 heavy (non-hydrogen) atoms. The first-order valence-electron chi connectivity index (χ1n) is 6.30. The van der Waals surface area contributed by atoms with Gasteiger partial charge in [0.15, 0.2) is 9.84 Å². The monoisotopic (exact) mass is 313 g/mol. The molecule has 8 nitrogen and oxygen atoms in total. The second-order valence-corrected chi connectivity index (χ2v) is 6.95. The summed E-state index contributed by atoms with van der Waals surface area (Å²) in [6.07, 6.45) is 0. The molecule has 1 amide bonds. The van der Waals surface area contributed by atoms with Crippen LogP contribution < -0.4 is 5.32 Å². The first-order valence-corrected chi connectivity index (χ1v) is 8.13. The summed E-state index contributed by atoms with van der Waals surface area (Å²) in [5.41, 5.74) is 0.125.